The van der Waals surface area contributed by atoms with Crippen molar-refractivity contribution in [2.24, 2.45) is 5.73 Å². The summed E-state index contributed by atoms with van der Waals surface area (Å²) < 4.78 is 38.4. The molecule has 10 heteroatoms. The van der Waals surface area contributed by atoms with Crippen LogP contribution >= 0.6 is 0 Å². The Morgan fingerprint density at radius 1 is 1.14 bits per heavy atom. The van der Waals surface area contributed by atoms with Crippen LogP contribution in [-0.2, 0) is 9.84 Å². The van der Waals surface area contributed by atoms with Gasteiger partial charge in [-0.25, -0.2) is 22.8 Å². The van der Waals surface area contributed by atoms with E-state index in [4.69, 9.17) is 16.5 Å². The first-order valence-electron chi connectivity index (χ1n) is 11.4. The largest absolute Gasteiger partial charge is 0.383 e. The lowest BCUT2D eigenvalue weighted by molar-refractivity contribution is 0.501. The van der Waals surface area contributed by atoms with Gasteiger partial charge in [0.25, 0.3) is 0 Å². The number of rotatable bonds is 4. The molecule has 5 rings (SSSR count). The third-order valence-corrected chi connectivity index (χ3v) is 7.52. The number of aryl methyl sites for hydroxylation is 1. The van der Waals surface area contributed by atoms with Gasteiger partial charge in [0, 0.05) is 37.1 Å². The first-order chi connectivity index (χ1) is 16.6. The van der Waals surface area contributed by atoms with Gasteiger partial charge in [0.1, 0.15) is 17.5 Å². The highest BCUT2D eigenvalue weighted by atomic mass is 32.2. The number of nitrogens with one attached hydrogen (secondary N) is 1. The van der Waals surface area contributed by atoms with Crippen LogP contribution in [0.1, 0.15) is 18.4 Å². The Hall–Kier alpha value is -3.50. The third-order valence-electron chi connectivity index (χ3n) is 6.41. The Morgan fingerprint density at radius 2 is 1.89 bits per heavy atom. The zero-order chi connectivity index (χ0) is 24.9. The average molecular weight is 495 g/mol. The van der Waals surface area contributed by atoms with Crippen LogP contribution in [0.4, 0.5) is 15.9 Å². The normalized spacial score (nSPS) is 15.1. The fraction of sp³-hybridized carbons (Fsp3) is 0.280. The van der Waals surface area contributed by atoms with Crippen molar-refractivity contribution in [3.63, 3.8) is 0 Å². The Labute approximate surface area is 203 Å². The monoisotopic (exact) mass is 494 g/mol. The minimum Gasteiger partial charge on any atom is -0.383 e. The number of pyridine rings is 1. The van der Waals surface area contributed by atoms with Crippen LogP contribution in [0.15, 0.2) is 47.5 Å². The molecule has 0 amide bonds. The summed E-state index contributed by atoms with van der Waals surface area (Å²) in [6, 6.07) is 9.76. The molecule has 182 valence electrons. The van der Waals surface area contributed by atoms with E-state index in [1.54, 1.807) is 18.3 Å². The molecule has 1 aliphatic rings. The summed E-state index contributed by atoms with van der Waals surface area (Å²) in [5.74, 6) is 0.409. The maximum atomic E-state index is 14.4. The van der Waals surface area contributed by atoms with Gasteiger partial charge in [-0.3, -0.25) is 0 Å². The molecular formula is C25H27FN6O2S. The number of piperidine rings is 1. The lowest BCUT2D eigenvalue weighted by atomic mass is 9.97. The average Bonchev–Trinajstić information content (AvgIpc) is 3.21. The first kappa shape index (κ1) is 23.3. The summed E-state index contributed by atoms with van der Waals surface area (Å²) >= 11 is 0. The molecule has 35 heavy (non-hydrogen) atoms. The maximum Gasteiger partial charge on any atom is 0.175 e. The highest BCUT2D eigenvalue weighted by Gasteiger charge is 2.27. The number of anilines is 2. The molecule has 3 heterocycles. The number of imidazole rings is 1. The number of halogens is 1. The topological polar surface area (TPSA) is 131 Å². The second-order valence-corrected chi connectivity index (χ2v) is 11.2. The number of hydrogen-bond donors (Lipinski definition) is 3. The van der Waals surface area contributed by atoms with Gasteiger partial charge in [-0.2, -0.15) is 0 Å². The number of nitrogens with two attached hydrogens (primary N) is 2. The minimum atomic E-state index is -3.39. The summed E-state index contributed by atoms with van der Waals surface area (Å²) in [5.41, 5.74) is 17.4. The maximum absolute atomic E-state index is 14.4. The molecule has 0 atom stereocenters. The number of sulfone groups is 1. The quantitative estimate of drug-likeness (QED) is 0.395. The fourth-order valence-corrected chi connectivity index (χ4v) is 5.28. The Bertz CT molecular complexity index is 1520. The summed E-state index contributed by atoms with van der Waals surface area (Å²) in [4.78, 5) is 14.8. The van der Waals surface area contributed by atoms with E-state index in [1.807, 2.05) is 13.0 Å². The van der Waals surface area contributed by atoms with E-state index in [9.17, 15) is 12.8 Å². The van der Waals surface area contributed by atoms with E-state index >= 15 is 0 Å². The molecule has 1 aliphatic heterocycles. The van der Waals surface area contributed by atoms with Gasteiger partial charge >= 0.3 is 0 Å². The van der Waals surface area contributed by atoms with E-state index in [1.165, 1.54) is 18.2 Å². The highest BCUT2D eigenvalue weighted by Crippen LogP contribution is 2.43. The predicted octanol–water partition coefficient (Wildman–Crippen LogP) is 3.65. The molecule has 0 radical (unpaired) electrons. The Morgan fingerprint density at radius 3 is 2.57 bits per heavy atom. The van der Waals surface area contributed by atoms with Crippen LogP contribution in [0.2, 0.25) is 0 Å². The summed E-state index contributed by atoms with van der Waals surface area (Å²) in [6.45, 7) is 3.26. The SMILES string of the molecule is Cc1cc(F)cc(-c2cnc(N)c(-c3nc4cc(S(C)(=O)=O)ccc4[nH]3)c2N2CCC(N)CC2)c1. The molecule has 1 saturated heterocycles. The molecule has 8 nitrogen and oxygen atoms in total. The molecule has 0 spiro atoms. The first-order valence-corrected chi connectivity index (χ1v) is 13.3. The summed E-state index contributed by atoms with van der Waals surface area (Å²) in [7, 11) is -3.39. The van der Waals surface area contributed by atoms with E-state index in [0.717, 1.165) is 35.9 Å². The van der Waals surface area contributed by atoms with Crippen molar-refractivity contribution in [1.82, 2.24) is 15.0 Å². The number of hydrogen-bond acceptors (Lipinski definition) is 7. The molecular weight excluding hydrogens is 467 g/mol. The highest BCUT2D eigenvalue weighted by molar-refractivity contribution is 7.90. The van der Waals surface area contributed by atoms with Crippen molar-refractivity contribution in [2.45, 2.75) is 30.7 Å². The number of nitrogens with zero attached hydrogens (tertiary/aromatic N) is 3. The van der Waals surface area contributed by atoms with Crippen LogP contribution < -0.4 is 16.4 Å². The van der Waals surface area contributed by atoms with Crippen LogP contribution in [-0.4, -0.2) is 48.8 Å². The molecule has 0 aliphatic carbocycles. The zero-order valence-electron chi connectivity index (χ0n) is 19.5. The molecule has 1 fully saturated rings. The van der Waals surface area contributed by atoms with Gasteiger partial charge in [-0.05, 0) is 61.2 Å². The minimum absolute atomic E-state index is 0.120. The van der Waals surface area contributed by atoms with Crippen LogP contribution in [0, 0.1) is 12.7 Å². The molecule has 2 aromatic carbocycles. The van der Waals surface area contributed by atoms with Gasteiger partial charge in [0.2, 0.25) is 0 Å². The number of nitrogen functional groups attached to an aromatic ring is 1. The van der Waals surface area contributed by atoms with Crippen LogP contribution in [0.5, 0.6) is 0 Å². The zero-order valence-corrected chi connectivity index (χ0v) is 20.4. The second kappa shape index (κ2) is 8.62. The molecule has 4 aromatic rings. The third kappa shape index (κ3) is 4.46. The smallest absolute Gasteiger partial charge is 0.175 e. The van der Waals surface area contributed by atoms with Crippen molar-refractivity contribution in [2.75, 3.05) is 30.0 Å². The molecule has 0 unspecified atom stereocenters. The van der Waals surface area contributed by atoms with E-state index in [2.05, 4.69) is 14.9 Å². The van der Waals surface area contributed by atoms with Crippen molar-refractivity contribution in [3.8, 4) is 22.5 Å². The van der Waals surface area contributed by atoms with Gasteiger partial charge in [0.15, 0.2) is 9.84 Å². The van der Waals surface area contributed by atoms with E-state index < -0.39 is 9.84 Å². The predicted molar refractivity (Wildman–Crippen MR) is 136 cm³/mol. The summed E-state index contributed by atoms with van der Waals surface area (Å²) in [5, 5.41) is 0. The standard InChI is InChI=1S/C25H27FN6O2S/c1-14-9-15(11-16(26)10-14)19-13-29-24(28)22(23(19)32-7-5-17(27)6-8-32)25-30-20-4-3-18(35(2,33)34)12-21(20)31-25/h3-4,9-13,17H,5-8,27H2,1-2H3,(H2,28,29)(H,30,31). The fourth-order valence-electron chi connectivity index (χ4n) is 4.64. The molecule has 2 aromatic heterocycles. The molecule has 0 saturated carbocycles. The van der Waals surface area contributed by atoms with Gasteiger partial charge in [0.05, 0.1) is 27.2 Å². The number of H-pyrrole nitrogens is 1. The van der Waals surface area contributed by atoms with Gasteiger partial charge in [-0.1, -0.05) is 6.07 Å². The van der Waals surface area contributed by atoms with Crippen LogP contribution in [0.3, 0.4) is 0 Å². The van der Waals surface area contributed by atoms with E-state index in [0.29, 0.717) is 41.1 Å². The van der Waals surface area contributed by atoms with Crippen molar-refractivity contribution < 1.29 is 12.8 Å². The molecule has 5 N–H and O–H groups in total. The Kier molecular flexibility index (Phi) is 5.72. The lowest BCUT2D eigenvalue weighted by Crippen LogP contribution is -2.40. The lowest BCUT2D eigenvalue weighted by Gasteiger charge is -2.34. The number of aromatic amines is 1. The van der Waals surface area contributed by atoms with Crippen molar-refractivity contribution in [3.05, 3.63) is 54.0 Å². The van der Waals surface area contributed by atoms with Gasteiger partial charge < -0.3 is 21.4 Å². The van der Waals surface area contributed by atoms with Crippen LogP contribution in [0.25, 0.3) is 33.5 Å². The number of benzene rings is 2. The van der Waals surface area contributed by atoms with Gasteiger partial charge in [-0.15, -0.1) is 0 Å². The molecule has 0 bridgehead atoms. The summed E-state index contributed by atoms with van der Waals surface area (Å²) in [6.07, 6.45) is 4.44. The Balaban J connectivity index is 1.75. The number of fused-ring (bicyclic) bond motifs is 1. The second-order valence-electron chi connectivity index (χ2n) is 9.16. The van der Waals surface area contributed by atoms with Crippen molar-refractivity contribution in [1.29, 1.82) is 0 Å². The van der Waals surface area contributed by atoms with E-state index in [-0.39, 0.29) is 22.6 Å². The van der Waals surface area contributed by atoms with Crippen molar-refractivity contribution >= 4 is 32.4 Å². The number of aromatic nitrogens is 3.